The molecule has 3 rings (SSSR count). The van der Waals surface area contributed by atoms with E-state index in [9.17, 15) is 14.0 Å². The molecule has 0 aliphatic rings. The van der Waals surface area contributed by atoms with Crippen LogP contribution >= 0.6 is 11.6 Å². The van der Waals surface area contributed by atoms with Gasteiger partial charge in [0, 0.05) is 24.2 Å². The Morgan fingerprint density at radius 3 is 2.80 bits per heavy atom. The number of carbonyl (C=O) groups is 1. The second-order valence-electron chi connectivity index (χ2n) is 5.60. The van der Waals surface area contributed by atoms with Gasteiger partial charge in [0.15, 0.2) is 5.58 Å². The van der Waals surface area contributed by atoms with Crippen molar-refractivity contribution in [1.29, 1.82) is 0 Å². The minimum Gasteiger partial charge on any atom is -0.408 e. The number of rotatable bonds is 5. The zero-order valence-corrected chi connectivity index (χ0v) is 14.3. The van der Waals surface area contributed by atoms with Gasteiger partial charge >= 0.3 is 5.76 Å². The highest BCUT2D eigenvalue weighted by Gasteiger charge is 2.17. The highest BCUT2D eigenvalue weighted by Crippen LogP contribution is 2.18. The smallest absolute Gasteiger partial charge is 0.408 e. The number of carbonyl (C=O) groups excluding carboxylic acids is 1. The summed E-state index contributed by atoms with van der Waals surface area (Å²) in [7, 11) is 0. The zero-order chi connectivity index (χ0) is 18.0. The Balaban J connectivity index is 1.83. The van der Waals surface area contributed by atoms with Gasteiger partial charge in [0.05, 0.1) is 5.52 Å². The fourth-order valence-corrected chi connectivity index (χ4v) is 2.82. The Hall–Kier alpha value is -2.60. The maximum atomic E-state index is 13.3. The van der Waals surface area contributed by atoms with Crippen molar-refractivity contribution < 1.29 is 13.6 Å². The minimum atomic E-state index is -0.618. The van der Waals surface area contributed by atoms with Gasteiger partial charge in [0.1, 0.15) is 12.4 Å². The van der Waals surface area contributed by atoms with Gasteiger partial charge in [0.25, 0.3) is 0 Å². The highest BCUT2D eigenvalue weighted by atomic mass is 35.5. The molecule has 0 bridgehead atoms. The van der Waals surface area contributed by atoms with Gasteiger partial charge in [-0.2, -0.15) is 0 Å². The number of nitrogens with zero attached hydrogens (tertiary/aromatic N) is 2. The van der Waals surface area contributed by atoms with Crippen molar-refractivity contribution in [2.75, 3.05) is 6.54 Å². The van der Waals surface area contributed by atoms with Gasteiger partial charge in [-0.15, -0.1) is 0 Å². The molecule has 5 nitrogen and oxygen atoms in total. The molecular formula is C18H16ClFN2O3. The normalized spacial score (nSPS) is 11.0. The molecule has 1 amide bonds. The van der Waals surface area contributed by atoms with Gasteiger partial charge < -0.3 is 9.32 Å². The topological polar surface area (TPSA) is 55.5 Å². The molecule has 0 saturated heterocycles. The summed E-state index contributed by atoms with van der Waals surface area (Å²) in [6.07, 6.45) is 0. The summed E-state index contributed by atoms with van der Waals surface area (Å²) in [6, 6.07) is 10.9. The minimum absolute atomic E-state index is 0.156. The lowest BCUT2D eigenvalue weighted by molar-refractivity contribution is -0.132. The Morgan fingerprint density at radius 1 is 1.28 bits per heavy atom. The van der Waals surface area contributed by atoms with E-state index in [-0.39, 0.29) is 24.8 Å². The number of fused-ring (bicyclic) bond motifs is 1. The zero-order valence-electron chi connectivity index (χ0n) is 13.5. The van der Waals surface area contributed by atoms with E-state index in [1.807, 2.05) is 6.92 Å². The number of benzene rings is 2. The first-order valence-electron chi connectivity index (χ1n) is 7.79. The molecule has 130 valence electrons. The van der Waals surface area contributed by atoms with Crippen LogP contribution in [0.3, 0.4) is 0 Å². The Labute approximate surface area is 148 Å². The van der Waals surface area contributed by atoms with Crippen molar-refractivity contribution >= 4 is 28.6 Å². The maximum Gasteiger partial charge on any atom is 0.420 e. The molecule has 3 aromatic rings. The summed E-state index contributed by atoms with van der Waals surface area (Å²) in [5.74, 6) is -1.23. The van der Waals surface area contributed by atoms with Crippen LogP contribution in [0.2, 0.25) is 5.02 Å². The van der Waals surface area contributed by atoms with Crippen molar-refractivity contribution in [1.82, 2.24) is 9.47 Å². The molecule has 2 aromatic carbocycles. The summed E-state index contributed by atoms with van der Waals surface area (Å²) >= 11 is 5.88. The second-order valence-corrected chi connectivity index (χ2v) is 6.04. The number of aromatic nitrogens is 1. The predicted molar refractivity (Wildman–Crippen MR) is 93.0 cm³/mol. The Kier molecular flexibility index (Phi) is 4.90. The summed E-state index contributed by atoms with van der Waals surface area (Å²) in [5.41, 5.74) is 1.52. The van der Waals surface area contributed by atoms with E-state index in [1.165, 1.54) is 22.8 Å². The summed E-state index contributed by atoms with van der Waals surface area (Å²) in [6.45, 7) is 2.37. The van der Waals surface area contributed by atoms with Gasteiger partial charge in [-0.1, -0.05) is 23.7 Å². The van der Waals surface area contributed by atoms with E-state index in [1.54, 1.807) is 29.2 Å². The SMILES string of the molecule is CCN(Cc1cccc(F)c1)C(=O)Cn1c(=O)oc2cc(Cl)ccc21. The van der Waals surface area contributed by atoms with Gasteiger partial charge in [0.2, 0.25) is 5.91 Å². The van der Waals surface area contributed by atoms with Crippen LogP contribution < -0.4 is 5.76 Å². The third-order valence-corrected chi connectivity index (χ3v) is 4.16. The summed E-state index contributed by atoms with van der Waals surface area (Å²) in [4.78, 5) is 26.2. The van der Waals surface area contributed by atoms with E-state index in [0.29, 0.717) is 28.2 Å². The monoisotopic (exact) mass is 362 g/mol. The lowest BCUT2D eigenvalue weighted by atomic mass is 10.2. The molecule has 0 unspecified atom stereocenters. The lowest BCUT2D eigenvalue weighted by Crippen LogP contribution is -2.35. The van der Waals surface area contributed by atoms with Crippen molar-refractivity contribution in [2.24, 2.45) is 0 Å². The molecule has 0 N–H and O–H groups in total. The highest BCUT2D eigenvalue weighted by molar-refractivity contribution is 6.31. The molecule has 0 spiro atoms. The van der Waals surface area contributed by atoms with Crippen LogP contribution in [0.15, 0.2) is 51.7 Å². The quantitative estimate of drug-likeness (QED) is 0.698. The number of oxazole rings is 1. The first-order valence-corrected chi connectivity index (χ1v) is 8.17. The first kappa shape index (κ1) is 17.2. The van der Waals surface area contributed by atoms with Crippen LogP contribution in [0.1, 0.15) is 12.5 Å². The number of hydrogen-bond donors (Lipinski definition) is 0. The third-order valence-electron chi connectivity index (χ3n) is 3.92. The Bertz CT molecular complexity index is 980. The van der Waals surface area contributed by atoms with Crippen LogP contribution in [0.5, 0.6) is 0 Å². The average molecular weight is 363 g/mol. The predicted octanol–water partition coefficient (Wildman–Crippen LogP) is 3.44. The van der Waals surface area contributed by atoms with E-state index in [2.05, 4.69) is 0 Å². The van der Waals surface area contributed by atoms with Crippen molar-refractivity contribution in [3.8, 4) is 0 Å². The van der Waals surface area contributed by atoms with Gasteiger partial charge in [-0.05, 0) is 36.8 Å². The van der Waals surface area contributed by atoms with E-state index in [4.69, 9.17) is 16.0 Å². The van der Waals surface area contributed by atoms with E-state index < -0.39 is 5.76 Å². The number of hydrogen-bond acceptors (Lipinski definition) is 3. The standard InChI is InChI=1S/C18H16ClFN2O3/c1-2-21(10-12-4-3-5-14(20)8-12)17(23)11-22-15-7-6-13(19)9-16(15)25-18(22)24/h3-9H,2,10-11H2,1H3. The van der Waals surface area contributed by atoms with Crippen molar-refractivity contribution in [3.63, 3.8) is 0 Å². The number of amides is 1. The molecule has 0 radical (unpaired) electrons. The average Bonchev–Trinajstić information content (AvgIpc) is 2.87. The molecule has 0 atom stereocenters. The van der Waals surface area contributed by atoms with Crippen LogP contribution in [-0.4, -0.2) is 21.9 Å². The number of likely N-dealkylation sites (N-methyl/N-ethyl adjacent to an activating group) is 1. The van der Waals surface area contributed by atoms with E-state index >= 15 is 0 Å². The largest absolute Gasteiger partial charge is 0.420 e. The molecule has 0 saturated carbocycles. The fraction of sp³-hybridized carbons (Fsp3) is 0.222. The molecule has 1 aromatic heterocycles. The summed E-state index contributed by atoms with van der Waals surface area (Å²) < 4.78 is 19.7. The van der Waals surface area contributed by atoms with E-state index in [0.717, 1.165) is 0 Å². The van der Waals surface area contributed by atoms with Crippen molar-refractivity contribution in [3.05, 3.63) is 69.4 Å². The second kappa shape index (κ2) is 7.11. The van der Waals surface area contributed by atoms with Gasteiger partial charge in [-0.25, -0.2) is 9.18 Å². The molecular weight excluding hydrogens is 347 g/mol. The molecule has 0 aliphatic heterocycles. The molecule has 0 fully saturated rings. The molecule has 25 heavy (non-hydrogen) atoms. The Morgan fingerprint density at radius 2 is 2.08 bits per heavy atom. The fourth-order valence-electron chi connectivity index (χ4n) is 2.66. The van der Waals surface area contributed by atoms with Crippen LogP contribution in [-0.2, 0) is 17.9 Å². The van der Waals surface area contributed by atoms with Crippen LogP contribution in [0, 0.1) is 5.82 Å². The third kappa shape index (κ3) is 3.74. The first-order chi connectivity index (χ1) is 12.0. The van der Waals surface area contributed by atoms with Crippen LogP contribution in [0.4, 0.5) is 4.39 Å². The molecule has 7 heteroatoms. The number of halogens is 2. The summed E-state index contributed by atoms with van der Waals surface area (Å²) in [5, 5.41) is 0.445. The van der Waals surface area contributed by atoms with Crippen molar-refractivity contribution in [2.45, 2.75) is 20.0 Å². The molecule has 0 aliphatic carbocycles. The van der Waals surface area contributed by atoms with Crippen LogP contribution in [0.25, 0.3) is 11.1 Å². The maximum absolute atomic E-state index is 13.3. The van der Waals surface area contributed by atoms with Gasteiger partial charge in [-0.3, -0.25) is 9.36 Å². The lowest BCUT2D eigenvalue weighted by Gasteiger charge is -2.21. The molecule has 1 heterocycles.